The summed E-state index contributed by atoms with van der Waals surface area (Å²) in [6, 6.07) is 13.6. The van der Waals surface area contributed by atoms with Crippen molar-refractivity contribution in [2.24, 2.45) is 0 Å². The average Bonchev–Trinajstić information content (AvgIpc) is 2.59. The van der Waals surface area contributed by atoms with Crippen LogP contribution in [-0.4, -0.2) is 17.4 Å². The Labute approximate surface area is 139 Å². The van der Waals surface area contributed by atoms with E-state index in [0.29, 0.717) is 17.9 Å². The predicted molar refractivity (Wildman–Crippen MR) is 93.0 cm³/mol. The molecule has 0 saturated carbocycles. The van der Waals surface area contributed by atoms with Crippen molar-refractivity contribution >= 4 is 23.4 Å². The summed E-state index contributed by atoms with van der Waals surface area (Å²) in [4.78, 5) is 22.5. The number of nitro groups is 1. The molecule has 6 heteroatoms. The summed E-state index contributed by atoms with van der Waals surface area (Å²) in [7, 11) is 0. The van der Waals surface area contributed by atoms with E-state index in [1.54, 1.807) is 24.3 Å². The van der Waals surface area contributed by atoms with Crippen LogP contribution in [0.2, 0.25) is 0 Å². The van der Waals surface area contributed by atoms with Gasteiger partial charge in [-0.15, -0.1) is 0 Å². The molecule has 1 amide bonds. The highest BCUT2D eigenvalue weighted by Crippen LogP contribution is 2.28. The fourth-order valence-electron chi connectivity index (χ4n) is 1.99. The summed E-state index contributed by atoms with van der Waals surface area (Å²) in [6.45, 7) is 2.34. The second-order valence-electron chi connectivity index (χ2n) is 5.02. The van der Waals surface area contributed by atoms with E-state index >= 15 is 0 Å². The van der Waals surface area contributed by atoms with Gasteiger partial charge in [0.15, 0.2) is 5.75 Å². The minimum atomic E-state index is -0.494. The number of para-hydroxylation sites is 1. The molecular weight excluding hydrogens is 308 g/mol. The van der Waals surface area contributed by atoms with Crippen LogP contribution in [0.4, 0.5) is 11.4 Å². The van der Waals surface area contributed by atoms with Crippen molar-refractivity contribution in [1.29, 1.82) is 0 Å². The predicted octanol–water partition coefficient (Wildman–Crippen LogP) is 4.04. The number of carbonyl (C=O) groups excluding carboxylic acids is 1. The van der Waals surface area contributed by atoms with E-state index in [2.05, 4.69) is 5.32 Å². The smallest absolute Gasteiger partial charge is 0.311 e. The maximum atomic E-state index is 11.9. The van der Waals surface area contributed by atoms with Crippen LogP contribution in [0.5, 0.6) is 5.75 Å². The van der Waals surface area contributed by atoms with E-state index in [4.69, 9.17) is 4.74 Å². The van der Waals surface area contributed by atoms with Crippen LogP contribution < -0.4 is 10.1 Å². The van der Waals surface area contributed by atoms with Gasteiger partial charge in [0.2, 0.25) is 5.91 Å². The molecule has 24 heavy (non-hydrogen) atoms. The van der Waals surface area contributed by atoms with Gasteiger partial charge in [-0.25, -0.2) is 0 Å². The molecule has 124 valence electrons. The molecule has 0 atom stereocenters. The largest absolute Gasteiger partial charge is 0.487 e. The molecular formula is C18H18N2O4. The fraction of sp³-hybridized carbons (Fsp3) is 0.167. The Hall–Kier alpha value is -3.15. The molecule has 0 bridgehead atoms. The van der Waals surface area contributed by atoms with Crippen molar-refractivity contribution in [3.8, 4) is 5.75 Å². The van der Waals surface area contributed by atoms with Crippen LogP contribution in [0.3, 0.4) is 0 Å². The highest BCUT2D eigenvalue weighted by molar-refractivity contribution is 6.01. The van der Waals surface area contributed by atoms with E-state index in [9.17, 15) is 14.9 Å². The first-order valence-corrected chi connectivity index (χ1v) is 7.55. The summed E-state index contributed by atoms with van der Waals surface area (Å²) in [5, 5.41) is 13.8. The van der Waals surface area contributed by atoms with Crippen LogP contribution >= 0.6 is 0 Å². The van der Waals surface area contributed by atoms with Gasteiger partial charge in [-0.3, -0.25) is 14.9 Å². The zero-order chi connectivity index (χ0) is 17.4. The molecule has 2 aromatic carbocycles. The van der Waals surface area contributed by atoms with E-state index in [-0.39, 0.29) is 17.3 Å². The lowest BCUT2D eigenvalue weighted by Crippen LogP contribution is -2.07. The van der Waals surface area contributed by atoms with E-state index < -0.39 is 4.92 Å². The lowest BCUT2D eigenvalue weighted by molar-refractivity contribution is -0.385. The normalized spacial score (nSPS) is 10.5. The molecule has 0 aliphatic carbocycles. The third-order valence-electron chi connectivity index (χ3n) is 3.11. The number of nitrogens with zero attached hydrogens (tertiary/aromatic N) is 1. The number of ether oxygens (including phenoxy) is 1. The molecule has 1 N–H and O–H groups in total. The van der Waals surface area contributed by atoms with Crippen molar-refractivity contribution in [2.75, 3.05) is 11.9 Å². The van der Waals surface area contributed by atoms with Gasteiger partial charge >= 0.3 is 5.69 Å². The number of benzene rings is 2. The van der Waals surface area contributed by atoms with Crippen molar-refractivity contribution < 1.29 is 14.5 Å². The Morgan fingerprint density at radius 3 is 2.67 bits per heavy atom. The van der Waals surface area contributed by atoms with Crippen LogP contribution in [0.25, 0.3) is 6.08 Å². The number of hydrogen-bond donors (Lipinski definition) is 1. The first-order valence-electron chi connectivity index (χ1n) is 7.55. The van der Waals surface area contributed by atoms with Crippen LogP contribution in [-0.2, 0) is 4.79 Å². The highest BCUT2D eigenvalue weighted by atomic mass is 16.6. The number of anilines is 1. The SMILES string of the molecule is CCCOc1ccc(/C=C/C(=O)Nc2ccccc2)cc1[N+](=O)[O-]. The topological polar surface area (TPSA) is 81.5 Å². The van der Waals surface area contributed by atoms with Crippen molar-refractivity contribution in [2.45, 2.75) is 13.3 Å². The van der Waals surface area contributed by atoms with Gasteiger partial charge < -0.3 is 10.1 Å². The zero-order valence-corrected chi connectivity index (χ0v) is 13.3. The van der Waals surface area contributed by atoms with Gasteiger partial charge in [0.1, 0.15) is 0 Å². The number of rotatable bonds is 7. The molecule has 2 rings (SSSR count). The molecule has 0 saturated heterocycles. The quantitative estimate of drug-likeness (QED) is 0.473. The van der Waals surface area contributed by atoms with Crippen molar-refractivity contribution in [3.05, 3.63) is 70.3 Å². The first-order chi connectivity index (χ1) is 11.6. The van der Waals surface area contributed by atoms with Crippen LogP contribution in [0, 0.1) is 10.1 Å². The lowest BCUT2D eigenvalue weighted by Gasteiger charge is -2.06. The molecule has 0 spiro atoms. The first kappa shape index (κ1) is 17.2. The molecule has 0 aromatic heterocycles. The lowest BCUT2D eigenvalue weighted by atomic mass is 10.1. The van der Waals surface area contributed by atoms with E-state index in [0.717, 1.165) is 6.42 Å². The zero-order valence-electron chi connectivity index (χ0n) is 13.3. The fourth-order valence-corrected chi connectivity index (χ4v) is 1.99. The Balaban J connectivity index is 2.09. The highest BCUT2D eigenvalue weighted by Gasteiger charge is 2.15. The van der Waals surface area contributed by atoms with Gasteiger partial charge in [0.25, 0.3) is 0 Å². The molecule has 0 aliphatic heterocycles. The Bertz CT molecular complexity index is 742. The molecule has 2 aromatic rings. The average molecular weight is 326 g/mol. The summed E-state index contributed by atoms with van der Waals surface area (Å²) in [6.07, 6.45) is 3.62. The number of nitrogens with one attached hydrogen (secondary N) is 1. The minimum absolute atomic E-state index is 0.117. The Morgan fingerprint density at radius 1 is 1.25 bits per heavy atom. The minimum Gasteiger partial charge on any atom is -0.487 e. The van der Waals surface area contributed by atoms with Crippen LogP contribution in [0.1, 0.15) is 18.9 Å². The Morgan fingerprint density at radius 2 is 2.00 bits per heavy atom. The van der Waals surface area contributed by atoms with Gasteiger partial charge in [-0.05, 0) is 36.3 Å². The van der Waals surface area contributed by atoms with Gasteiger partial charge in [-0.2, -0.15) is 0 Å². The van der Waals surface area contributed by atoms with Crippen molar-refractivity contribution in [1.82, 2.24) is 0 Å². The summed E-state index contributed by atoms with van der Waals surface area (Å²) >= 11 is 0. The van der Waals surface area contributed by atoms with Gasteiger partial charge in [-0.1, -0.05) is 31.2 Å². The third kappa shape index (κ3) is 4.95. The van der Waals surface area contributed by atoms with E-state index in [1.165, 1.54) is 18.2 Å². The summed E-state index contributed by atoms with van der Waals surface area (Å²) in [5.74, 6) is -0.0806. The monoisotopic (exact) mass is 326 g/mol. The summed E-state index contributed by atoms with van der Waals surface area (Å²) < 4.78 is 5.36. The van der Waals surface area contributed by atoms with Gasteiger partial charge in [0, 0.05) is 17.8 Å². The second kappa shape index (κ2) is 8.47. The third-order valence-corrected chi connectivity index (χ3v) is 3.11. The van der Waals surface area contributed by atoms with E-state index in [1.807, 2.05) is 25.1 Å². The number of nitro benzene ring substituents is 1. The standard InChI is InChI=1S/C18H18N2O4/c1-2-12-24-17-10-8-14(13-16(17)20(22)23)9-11-18(21)19-15-6-4-3-5-7-15/h3-11,13H,2,12H2,1H3,(H,19,21)/b11-9+. The van der Waals surface area contributed by atoms with Crippen molar-refractivity contribution in [3.63, 3.8) is 0 Å². The number of amides is 1. The molecule has 0 heterocycles. The molecule has 6 nitrogen and oxygen atoms in total. The van der Waals surface area contributed by atoms with Gasteiger partial charge in [0.05, 0.1) is 11.5 Å². The van der Waals surface area contributed by atoms with Crippen LogP contribution in [0.15, 0.2) is 54.6 Å². The Kier molecular flexibility index (Phi) is 6.08. The molecule has 0 aliphatic rings. The second-order valence-corrected chi connectivity index (χ2v) is 5.02. The number of hydrogen-bond acceptors (Lipinski definition) is 4. The molecule has 0 unspecified atom stereocenters. The number of carbonyl (C=O) groups is 1. The molecule has 0 radical (unpaired) electrons. The molecule has 0 fully saturated rings. The maximum Gasteiger partial charge on any atom is 0.311 e. The maximum absolute atomic E-state index is 11.9. The summed E-state index contributed by atoms with van der Waals surface area (Å²) in [5.41, 5.74) is 1.12.